The van der Waals surface area contributed by atoms with E-state index in [0.29, 0.717) is 0 Å². The van der Waals surface area contributed by atoms with Gasteiger partial charge in [-0.05, 0) is 6.42 Å². The van der Waals surface area contributed by atoms with Crippen LogP contribution in [0.25, 0.3) is 0 Å². The minimum Gasteiger partial charge on any atom is -0.480 e. The van der Waals surface area contributed by atoms with Crippen molar-refractivity contribution in [3.63, 3.8) is 0 Å². The lowest BCUT2D eigenvalue weighted by Crippen LogP contribution is -2.45. The number of carbonyl (C=O) groups is 1. The summed E-state index contributed by atoms with van der Waals surface area (Å²) >= 11 is 0. The molecular weight excluding hydrogens is 286 g/mol. The second-order valence-electron chi connectivity index (χ2n) is 4.04. The van der Waals surface area contributed by atoms with E-state index in [1.165, 1.54) is 0 Å². The van der Waals surface area contributed by atoms with Gasteiger partial charge in [-0.2, -0.15) is 4.31 Å². The molecular formula is C8H15NO7S2. The molecule has 1 aliphatic rings. The predicted molar refractivity (Wildman–Crippen MR) is 62.3 cm³/mol. The lowest BCUT2D eigenvalue weighted by atomic mass is 10.3. The van der Waals surface area contributed by atoms with Crippen molar-refractivity contribution in [3.05, 3.63) is 0 Å². The van der Waals surface area contributed by atoms with Crippen LogP contribution in [0.1, 0.15) is 6.42 Å². The molecule has 106 valence electrons. The molecule has 18 heavy (non-hydrogen) atoms. The van der Waals surface area contributed by atoms with Crippen LogP contribution in [0.5, 0.6) is 0 Å². The maximum atomic E-state index is 11.8. The van der Waals surface area contributed by atoms with Gasteiger partial charge in [0.05, 0.1) is 18.1 Å². The predicted octanol–water partition coefficient (Wildman–Crippen LogP) is -2.12. The lowest BCUT2D eigenvalue weighted by molar-refractivity contribution is -0.134. The molecule has 10 heteroatoms. The molecule has 0 radical (unpaired) electrons. The number of sulfone groups is 1. The fraction of sp³-hybridized carbons (Fsp3) is 0.875. The van der Waals surface area contributed by atoms with Crippen molar-refractivity contribution in [1.29, 1.82) is 0 Å². The Morgan fingerprint density at radius 3 is 2.39 bits per heavy atom. The van der Waals surface area contributed by atoms with Crippen LogP contribution in [-0.2, 0) is 24.7 Å². The van der Waals surface area contributed by atoms with Gasteiger partial charge in [0.2, 0.25) is 10.0 Å². The van der Waals surface area contributed by atoms with Crippen LogP contribution in [0.3, 0.4) is 0 Å². The molecule has 1 saturated heterocycles. The van der Waals surface area contributed by atoms with E-state index in [1.54, 1.807) is 0 Å². The summed E-state index contributed by atoms with van der Waals surface area (Å²) in [6, 6.07) is -0.786. The molecule has 0 bridgehead atoms. The molecule has 2 N–H and O–H groups in total. The first-order valence-corrected chi connectivity index (χ1v) is 8.63. The zero-order chi connectivity index (χ0) is 14.0. The molecule has 1 unspecified atom stereocenters. The van der Waals surface area contributed by atoms with Gasteiger partial charge in [0.1, 0.15) is 0 Å². The maximum Gasteiger partial charge on any atom is 0.320 e. The molecule has 0 spiro atoms. The normalized spacial score (nSPS) is 23.3. The van der Waals surface area contributed by atoms with Crippen LogP contribution in [0, 0.1) is 0 Å². The van der Waals surface area contributed by atoms with Gasteiger partial charge < -0.3 is 10.2 Å². The summed E-state index contributed by atoms with van der Waals surface area (Å²) in [5, 5.41) is 17.3. The van der Waals surface area contributed by atoms with Gasteiger partial charge in [-0.3, -0.25) is 4.79 Å². The van der Waals surface area contributed by atoms with Gasteiger partial charge >= 0.3 is 5.97 Å². The van der Waals surface area contributed by atoms with Crippen molar-refractivity contribution in [3.8, 4) is 0 Å². The summed E-state index contributed by atoms with van der Waals surface area (Å²) in [4.78, 5) is 10.5. The Labute approximate surface area is 105 Å². The van der Waals surface area contributed by atoms with Gasteiger partial charge in [-0.1, -0.05) is 0 Å². The van der Waals surface area contributed by atoms with E-state index in [4.69, 9.17) is 10.2 Å². The Morgan fingerprint density at radius 2 is 2.00 bits per heavy atom. The number of aliphatic hydroxyl groups excluding tert-OH is 1. The Bertz CT molecular complexity index is 510. The number of hydrogen-bond donors (Lipinski definition) is 2. The van der Waals surface area contributed by atoms with Crippen molar-refractivity contribution in [2.75, 3.05) is 30.4 Å². The molecule has 1 aliphatic heterocycles. The third kappa shape index (κ3) is 3.90. The van der Waals surface area contributed by atoms with Crippen molar-refractivity contribution in [1.82, 2.24) is 4.31 Å². The Morgan fingerprint density at radius 1 is 1.39 bits per heavy atom. The van der Waals surface area contributed by atoms with Crippen molar-refractivity contribution >= 4 is 25.8 Å². The summed E-state index contributed by atoms with van der Waals surface area (Å²) in [6.07, 6.45) is 0.126. The fourth-order valence-electron chi connectivity index (χ4n) is 1.89. The minimum absolute atomic E-state index is 0.123. The first-order valence-electron chi connectivity index (χ1n) is 5.20. The monoisotopic (exact) mass is 301 g/mol. The number of aliphatic carboxylic acids is 1. The van der Waals surface area contributed by atoms with E-state index in [9.17, 15) is 21.6 Å². The topological polar surface area (TPSA) is 129 Å². The summed E-state index contributed by atoms with van der Waals surface area (Å²) in [5.74, 6) is -3.07. The SMILES string of the molecule is O=C(O)CS(=O)(=O)N(CCO)C1CCS(=O)(=O)C1. The fourth-order valence-corrected chi connectivity index (χ4v) is 5.19. The molecule has 1 rings (SSSR count). The number of aliphatic hydroxyl groups is 1. The average Bonchev–Trinajstić information content (AvgIpc) is 2.52. The Balaban J connectivity index is 2.93. The second-order valence-corrected chi connectivity index (χ2v) is 8.19. The van der Waals surface area contributed by atoms with E-state index >= 15 is 0 Å². The molecule has 1 atom stereocenters. The number of carboxylic acid groups (broad SMARTS) is 1. The zero-order valence-electron chi connectivity index (χ0n) is 9.52. The van der Waals surface area contributed by atoms with E-state index in [0.717, 1.165) is 4.31 Å². The summed E-state index contributed by atoms with van der Waals surface area (Å²) < 4.78 is 46.9. The molecule has 8 nitrogen and oxygen atoms in total. The van der Waals surface area contributed by atoms with Gasteiger partial charge in [0, 0.05) is 12.6 Å². The van der Waals surface area contributed by atoms with Crippen molar-refractivity contribution in [2.45, 2.75) is 12.5 Å². The highest BCUT2D eigenvalue weighted by atomic mass is 32.2. The van der Waals surface area contributed by atoms with Crippen LogP contribution >= 0.6 is 0 Å². The Kier molecular flexibility index (Phi) is 4.70. The lowest BCUT2D eigenvalue weighted by Gasteiger charge is -2.25. The molecule has 0 saturated carbocycles. The quantitative estimate of drug-likeness (QED) is 0.574. The summed E-state index contributed by atoms with van der Waals surface area (Å²) in [5.41, 5.74) is 0. The largest absolute Gasteiger partial charge is 0.480 e. The first kappa shape index (κ1) is 15.3. The van der Waals surface area contributed by atoms with E-state index in [1.807, 2.05) is 0 Å². The van der Waals surface area contributed by atoms with Crippen LogP contribution in [0.4, 0.5) is 0 Å². The molecule has 1 fully saturated rings. The van der Waals surface area contributed by atoms with E-state index in [2.05, 4.69) is 0 Å². The Hall–Kier alpha value is -0.710. The number of rotatable bonds is 6. The van der Waals surface area contributed by atoms with Gasteiger partial charge in [0.25, 0.3) is 0 Å². The smallest absolute Gasteiger partial charge is 0.320 e. The highest BCUT2D eigenvalue weighted by molar-refractivity contribution is 7.92. The van der Waals surface area contributed by atoms with Crippen LogP contribution in [0.15, 0.2) is 0 Å². The molecule has 0 amide bonds. The van der Waals surface area contributed by atoms with Crippen molar-refractivity contribution < 1.29 is 31.8 Å². The molecule has 0 aromatic carbocycles. The number of sulfonamides is 1. The molecule has 0 aromatic heterocycles. The number of nitrogens with zero attached hydrogens (tertiary/aromatic N) is 1. The third-order valence-corrected chi connectivity index (χ3v) is 6.16. The summed E-state index contributed by atoms with van der Waals surface area (Å²) in [6.45, 7) is -0.787. The minimum atomic E-state index is -4.11. The van der Waals surface area contributed by atoms with Gasteiger partial charge in [0.15, 0.2) is 15.6 Å². The third-order valence-electron chi connectivity index (χ3n) is 2.60. The molecule has 0 aliphatic carbocycles. The highest BCUT2D eigenvalue weighted by Gasteiger charge is 2.38. The van der Waals surface area contributed by atoms with Gasteiger partial charge in [-0.25, -0.2) is 16.8 Å². The molecule has 0 aromatic rings. The second kappa shape index (κ2) is 5.51. The number of hydrogen-bond acceptors (Lipinski definition) is 6. The summed E-state index contributed by atoms with van der Waals surface area (Å²) in [7, 11) is -7.39. The standard InChI is InChI=1S/C8H15NO7S2/c10-3-2-9(18(15,16)6-8(11)12)7-1-4-17(13,14)5-7/h7,10H,1-6H2,(H,11,12). The molecule has 1 heterocycles. The number of carboxylic acids is 1. The van der Waals surface area contributed by atoms with Crippen LogP contribution in [-0.4, -0.2) is 73.8 Å². The van der Waals surface area contributed by atoms with E-state index < -0.39 is 44.2 Å². The van der Waals surface area contributed by atoms with Crippen molar-refractivity contribution in [2.24, 2.45) is 0 Å². The van der Waals surface area contributed by atoms with Crippen LogP contribution in [0.2, 0.25) is 0 Å². The first-order chi connectivity index (χ1) is 8.18. The highest BCUT2D eigenvalue weighted by Crippen LogP contribution is 2.20. The average molecular weight is 301 g/mol. The zero-order valence-corrected chi connectivity index (χ0v) is 11.2. The van der Waals surface area contributed by atoms with E-state index in [-0.39, 0.29) is 24.5 Å². The van der Waals surface area contributed by atoms with Gasteiger partial charge in [-0.15, -0.1) is 0 Å². The maximum absolute atomic E-state index is 11.8. The van der Waals surface area contributed by atoms with Crippen LogP contribution < -0.4 is 0 Å².